The zero-order valence-electron chi connectivity index (χ0n) is 15.4. The number of benzene rings is 2. The normalized spacial score (nSPS) is 14.9. The van der Waals surface area contributed by atoms with Crippen molar-refractivity contribution in [1.29, 1.82) is 0 Å². The maximum Gasteiger partial charge on any atom is 0.269 e. The van der Waals surface area contributed by atoms with E-state index in [1.807, 2.05) is 4.90 Å². The van der Waals surface area contributed by atoms with Crippen LogP contribution in [0.25, 0.3) is 0 Å². The van der Waals surface area contributed by atoms with Crippen molar-refractivity contribution in [2.75, 3.05) is 31.9 Å². The number of carbonyl (C=O) groups excluding carboxylic acids is 1. The average Bonchev–Trinajstić information content (AvgIpc) is 2.69. The van der Waals surface area contributed by atoms with E-state index in [0.717, 1.165) is 37.6 Å². The molecule has 0 bridgehead atoms. The third-order valence-electron chi connectivity index (χ3n) is 4.93. The van der Waals surface area contributed by atoms with Crippen LogP contribution in [-0.4, -0.2) is 47.7 Å². The van der Waals surface area contributed by atoms with Crippen LogP contribution in [-0.2, 0) is 11.3 Å². The van der Waals surface area contributed by atoms with E-state index in [2.05, 4.69) is 31.2 Å². The standard InChI is InChI=1S/C20H23N3O3S/c1-16-4-2-3-5-17(16)14-21-10-12-22(13-11-21)20(24)15-27-19-8-6-18(7-9-19)23(25)26/h2-9H,10-15H2,1H3/p+1. The Balaban J connectivity index is 1.44. The third-order valence-corrected chi connectivity index (χ3v) is 5.93. The highest BCUT2D eigenvalue weighted by molar-refractivity contribution is 8.00. The van der Waals surface area contributed by atoms with Crippen molar-refractivity contribution in [2.45, 2.75) is 18.4 Å². The van der Waals surface area contributed by atoms with Crippen molar-refractivity contribution in [1.82, 2.24) is 4.90 Å². The fourth-order valence-electron chi connectivity index (χ4n) is 3.23. The van der Waals surface area contributed by atoms with E-state index in [-0.39, 0.29) is 11.6 Å². The molecule has 6 nitrogen and oxygen atoms in total. The average molecular weight is 386 g/mol. The summed E-state index contributed by atoms with van der Waals surface area (Å²) in [5, 5.41) is 10.7. The Morgan fingerprint density at radius 1 is 1.15 bits per heavy atom. The van der Waals surface area contributed by atoms with E-state index in [0.29, 0.717) is 5.75 Å². The van der Waals surface area contributed by atoms with Crippen LogP contribution in [0.2, 0.25) is 0 Å². The third kappa shape index (κ3) is 5.30. The van der Waals surface area contributed by atoms with E-state index >= 15 is 0 Å². The predicted molar refractivity (Wildman–Crippen MR) is 106 cm³/mol. The lowest BCUT2D eigenvalue weighted by Gasteiger charge is -2.32. The molecule has 1 N–H and O–H groups in total. The van der Waals surface area contributed by atoms with Gasteiger partial charge in [-0.3, -0.25) is 14.9 Å². The zero-order valence-corrected chi connectivity index (χ0v) is 16.2. The molecule has 142 valence electrons. The summed E-state index contributed by atoms with van der Waals surface area (Å²) in [5.41, 5.74) is 2.77. The Labute approximate surface area is 163 Å². The van der Waals surface area contributed by atoms with Gasteiger partial charge in [0.25, 0.3) is 5.69 Å². The summed E-state index contributed by atoms with van der Waals surface area (Å²) < 4.78 is 0. The van der Waals surface area contributed by atoms with Gasteiger partial charge in [0.15, 0.2) is 0 Å². The number of amides is 1. The van der Waals surface area contributed by atoms with Gasteiger partial charge in [0.1, 0.15) is 6.54 Å². The minimum atomic E-state index is -0.418. The van der Waals surface area contributed by atoms with Crippen LogP contribution in [0.5, 0.6) is 0 Å². The van der Waals surface area contributed by atoms with Crippen LogP contribution in [0, 0.1) is 17.0 Å². The number of nitro benzene ring substituents is 1. The minimum Gasteiger partial charge on any atom is -0.331 e. The highest BCUT2D eigenvalue weighted by atomic mass is 32.2. The summed E-state index contributed by atoms with van der Waals surface area (Å²) in [6.45, 7) is 6.63. The first kappa shape index (κ1) is 19.4. The number of aryl methyl sites for hydroxylation is 1. The number of carbonyl (C=O) groups is 1. The second-order valence-corrected chi connectivity index (χ2v) is 7.82. The molecule has 3 rings (SSSR count). The summed E-state index contributed by atoms with van der Waals surface area (Å²) in [4.78, 5) is 27.0. The topological polar surface area (TPSA) is 67.9 Å². The number of hydrogen-bond acceptors (Lipinski definition) is 4. The second-order valence-electron chi connectivity index (χ2n) is 6.77. The molecule has 0 aromatic heterocycles. The second kappa shape index (κ2) is 9.01. The Kier molecular flexibility index (Phi) is 6.47. The number of nitro groups is 1. The van der Waals surface area contributed by atoms with E-state index in [4.69, 9.17) is 0 Å². The van der Waals surface area contributed by atoms with Crippen molar-refractivity contribution in [3.8, 4) is 0 Å². The molecule has 1 heterocycles. The van der Waals surface area contributed by atoms with Crippen LogP contribution in [0.4, 0.5) is 5.69 Å². The molecule has 1 amide bonds. The zero-order chi connectivity index (χ0) is 19.2. The first-order chi connectivity index (χ1) is 13.0. The fourth-order valence-corrected chi connectivity index (χ4v) is 4.03. The lowest BCUT2D eigenvalue weighted by Crippen LogP contribution is -3.13. The Hall–Kier alpha value is -2.38. The number of rotatable bonds is 6. The van der Waals surface area contributed by atoms with Crippen molar-refractivity contribution >= 4 is 23.4 Å². The maximum absolute atomic E-state index is 12.5. The van der Waals surface area contributed by atoms with E-state index < -0.39 is 4.92 Å². The molecule has 1 aliphatic heterocycles. The molecule has 0 unspecified atom stereocenters. The van der Waals surface area contributed by atoms with Crippen LogP contribution in [0.1, 0.15) is 11.1 Å². The van der Waals surface area contributed by atoms with E-state index in [1.165, 1.54) is 39.9 Å². The molecule has 7 heteroatoms. The molecule has 0 saturated carbocycles. The molecule has 0 spiro atoms. The van der Waals surface area contributed by atoms with E-state index in [9.17, 15) is 14.9 Å². The molecule has 2 aromatic carbocycles. The van der Waals surface area contributed by atoms with Gasteiger partial charge in [-0.2, -0.15) is 0 Å². The van der Waals surface area contributed by atoms with Gasteiger partial charge in [-0.25, -0.2) is 0 Å². The Bertz CT molecular complexity index is 802. The highest BCUT2D eigenvalue weighted by Crippen LogP contribution is 2.21. The summed E-state index contributed by atoms with van der Waals surface area (Å²) in [7, 11) is 0. The largest absolute Gasteiger partial charge is 0.331 e. The minimum absolute atomic E-state index is 0.0680. The molecule has 0 radical (unpaired) electrons. The lowest BCUT2D eigenvalue weighted by atomic mass is 10.1. The van der Waals surface area contributed by atoms with Crippen molar-refractivity contribution in [3.05, 3.63) is 69.8 Å². The molecular weight excluding hydrogens is 362 g/mol. The Morgan fingerprint density at radius 2 is 1.81 bits per heavy atom. The van der Waals surface area contributed by atoms with Gasteiger partial charge >= 0.3 is 0 Å². The van der Waals surface area contributed by atoms with Gasteiger partial charge in [-0.05, 0) is 24.6 Å². The summed E-state index contributed by atoms with van der Waals surface area (Å²) in [5.74, 6) is 0.499. The molecule has 1 aliphatic rings. The molecule has 2 aromatic rings. The van der Waals surface area contributed by atoms with Crippen LogP contribution >= 0.6 is 11.8 Å². The molecule has 0 atom stereocenters. The number of thioether (sulfide) groups is 1. The quantitative estimate of drug-likeness (QED) is 0.468. The summed E-state index contributed by atoms with van der Waals surface area (Å²) >= 11 is 1.43. The van der Waals surface area contributed by atoms with Crippen molar-refractivity contribution in [3.63, 3.8) is 0 Å². The number of hydrogen-bond donors (Lipinski definition) is 1. The molecule has 27 heavy (non-hydrogen) atoms. The van der Waals surface area contributed by atoms with Gasteiger partial charge in [-0.15, -0.1) is 11.8 Å². The molecule has 0 aliphatic carbocycles. The van der Waals surface area contributed by atoms with Crippen molar-refractivity contribution < 1.29 is 14.6 Å². The van der Waals surface area contributed by atoms with Gasteiger partial charge in [0, 0.05) is 22.6 Å². The first-order valence-electron chi connectivity index (χ1n) is 9.06. The smallest absolute Gasteiger partial charge is 0.269 e. The van der Waals surface area contributed by atoms with Crippen LogP contribution in [0.15, 0.2) is 53.4 Å². The monoisotopic (exact) mass is 386 g/mol. The van der Waals surface area contributed by atoms with Gasteiger partial charge in [0.05, 0.1) is 36.9 Å². The molecule has 1 saturated heterocycles. The highest BCUT2D eigenvalue weighted by Gasteiger charge is 2.24. The number of piperazine rings is 1. The number of quaternary nitrogens is 1. The van der Waals surface area contributed by atoms with Crippen LogP contribution in [0.3, 0.4) is 0 Å². The van der Waals surface area contributed by atoms with Crippen molar-refractivity contribution in [2.24, 2.45) is 0 Å². The SMILES string of the molecule is Cc1ccccc1C[NH+]1CCN(C(=O)CSc2ccc([N+](=O)[O-])cc2)CC1. The first-order valence-corrected chi connectivity index (χ1v) is 10.0. The van der Waals surface area contributed by atoms with Gasteiger partial charge in [-0.1, -0.05) is 24.3 Å². The lowest BCUT2D eigenvalue weighted by molar-refractivity contribution is -0.917. The van der Waals surface area contributed by atoms with Gasteiger partial charge in [0.2, 0.25) is 5.91 Å². The van der Waals surface area contributed by atoms with E-state index in [1.54, 1.807) is 12.1 Å². The number of nitrogens with one attached hydrogen (secondary N) is 1. The van der Waals surface area contributed by atoms with Gasteiger partial charge < -0.3 is 9.80 Å². The fraction of sp³-hybridized carbons (Fsp3) is 0.350. The van der Waals surface area contributed by atoms with Crippen LogP contribution < -0.4 is 4.90 Å². The summed E-state index contributed by atoms with van der Waals surface area (Å²) in [6.07, 6.45) is 0. The Morgan fingerprint density at radius 3 is 2.44 bits per heavy atom. The summed E-state index contributed by atoms with van der Waals surface area (Å²) in [6, 6.07) is 14.8. The predicted octanol–water partition coefficient (Wildman–Crippen LogP) is 1.92. The number of non-ortho nitro benzene ring substituents is 1. The maximum atomic E-state index is 12.5. The molecular formula is C20H24N3O3S+. The number of nitrogens with zero attached hydrogens (tertiary/aromatic N) is 2. The molecule has 1 fully saturated rings.